The third-order valence-electron chi connectivity index (χ3n) is 5.29. The van der Waals surface area contributed by atoms with E-state index in [1.807, 2.05) is 18.2 Å². The van der Waals surface area contributed by atoms with Crippen LogP contribution in [0.5, 0.6) is 11.5 Å². The first-order valence-corrected chi connectivity index (χ1v) is 9.50. The maximum atomic E-state index is 13.9. The molecule has 3 aromatic carbocycles. The van der Waals surface area contributed by atoms with Crippen molar-refractivity contribution in [3.63, 3.8) is 0 Å². The summed E-state index contributed by atoms with van der Waals surface area (Å²) in [5, 5.41) is 30.0. The summed E-state index contributed by atoms with van der Waals surface area (Å²) in [4.78, 5) is 0. The Labute approximate surface area is 166 Å². The van der Waals surface area contributed by atoms with Gasteiger partial charge in [0.05, 0.1) is 5.69 Å². The second-order valence-electron chi connectivity index (χ2n) is 7.17. The van der Waals surface area contributed by atoms with E-state index in [2.05, 4.69) is 22.8 Å². The highest BCUT2D eigenvalue weighted by molar-refractivity contribution is 7.80. The lowest BCUT2D eigenvalue weighted by Crippen LogP contribution is -1.90. The number of hydrogen-bond acceptors (Lipinski definition) is 4. The Morgan fingerprint density at radius 2 is 1.82 bits per heavy atom. The Hall–Kier alpha value is -2.99. The molecular formula is C22H17FN2O2S. The maximum Gasteiger partial charge on any atom is 0.128 e. The number of H-pyrrole nitrogens is 1. The van der Waals surface area contributed by atoms with E-state index in [4.69, 9.17) is 0 Å². The van der Waals surface area contributed by atoms with Crippen molar-refractivity contribution < 1.29 is 14.6 Å². The number of hydrogen-bond donors (Lipinski definition) is 4. The van der Waals surface area contributed by atoms with E-state index in [0.29, 0.717) is 27.8 Å². The topological polar surface area (TPSA) is 69.1 Å². The van der Waals surface area contributed by atoms with Gasteiger partial charge in [0, 0.05) is 17.2 Å². The molecule has 4 aromatic rings. The van der Waals surface area contributed by atoms with E-state index in [0.717, 1.165) is 34.7 Å². The molecule has 140 valence electrons. The predicted octanol–water partition coefficient (Wildman–Crippen LogP) is 5.61. The first-order chi connectivity index (χ1) is 13.5. The number of nitrogens with one attached hydrogen (secondary N) is 1. The third-order valence-corrected chi connectivity index (χ3v) is 5.62. The SMILES string of the molecule is Oc1cc(O)c(C2CC2)cc1-c1[nH]nc(S)c1-c1cccc2ccc(F)cc12. The smallest absolute Gasteiger partial charge is 0.128 e. The van der Waals surface area contributed by atoms with Gasteiger partial charge in [-0.3, -0.25) is 5.10 Å². The van der Waals surface area contributed by atoms with Gasteiger partial charge in [0.25, 0.3) is 0 Å². The van der Waals surface area contributed by atoms with Crippen molar-refractivity contribution in [1.82, 2.24) is 10.2 Å². The van der Waals surface area contributed by atoms with Crippen LogP contribution in [0.4, 0.5) is 4.39 Å². The zero-order valence-corrected chi connectivity index (χ0v) is 15.7. The zero-order valence-electron chi connectivity index (χ0n) is 14.8. The van der Waals surface area contributed by atoms with Crippen LogP contribution in [0.15, 0.2) is 53.6 Å². The summed E-state index contributed by atoms with van der Waals surface area (Å²) >= 11 is 4.50. The molecule has 28 heavy (non-hydrogen) atoms. The van der Waals surface area contributed by atoms with Crippen molar-refractivity contribution in [2.24, 2.45) is 0 Å². The number of rotatable bonds is 3. The molecule has 1 aliphatic rings. The second kappa shape index (κ2) is 6.27. The number of aromatic amines is 1. The van der Waals surface area contributed by atoms with Gasteiger partial charge >= 0.3 is 0 Å². The van der Waals surface area contributed by atoms with Gasteiger partial charge in [-0.15, -0.1) is 12.6 Å². The number of aromatic hydroxyl groups is 2. The average Bonchev–Trinajstić information content (AvgIpc) is 3.44. The van der Waals surface area contributed by atoms with E-state index in [1.165, 1.54) is 18.2 Å². The van der Waals surface area contributed by atoms with E-state index < -0.39 is 0 Å². The number of nitrogens with zero attached hydrogens (tertiary/aromatic N) is 1. The van der Waals surface area contributed by atoms with Crippen molar-refractivity contribution in [2.75, 3.05) is 0 Å². The van der Waals surface area contributed by atoms with Crippen molar-refractivity contribution in [3.05, 3.63) is 59.9 Å². The molecule has 1 fully saturated rings. The van der Waals surface area contributed by atoms with E-state index in [-0.39, 0.29) is 17.3 Å². The average molecular weight is 392 g/mol. The lowest BCUT2D eigenvalue weighted by Gasteiger charge is -2.12. The third kappa shape index (κ3) is 2.72. The van der Waals surface area contributed by atoms with Crippen LogP contribution in [0.1, 0.15) is 24.3 Å². The monoisotopic (exact) mass is 392 g/mol. The van der Waals surface area contributed by atoms with E-state index in [1.54, 1.807) is 12.1 Å². The molecule has 4 nitrogen and oxygen atoms in total. The van der Waals surface area contributed by atoms with Crippen molar-refractivity contribution >= 4 is 23.4 Å². The molecule has 1 aromatic heterocycles. The highest BCUT2D eigenvalue weighted by atomic mass is 32.1. The van der Waals surface area contributed by atoms with Crippen LogP contribution >= 0.6 is 12.6 Å². The molecule has 3 N–H and O–H groups in total. The summed E-state index contributed by atoms with van der Waals surface area (Å²) in [5.74, 6) is 0.0387. The Bertz CT molecular complexity index is 1230. The van der Waals surface area contributed by atoms with Crippen LogP contribution in [0, 0.1) is 5.82 Å². The molecule has 0 aliphatic heterocycles. The summed E-state index contributed by atoms with van der Waals surface area (Å²) in [6.07, 6.45) is 2.04. The van der Waals surface area contributed by atoms with Crippen molar-refractivity contribution in [3.8, 4) is 33.9 Å². The standard InChI is InChI=1S/C22H17FN2O2S/c23-13-7-6-11-2-1-3-14(15(11)8-13)20-21(24-25-22(20)28)17-9-16(12-4-5-12)18(26)10-19(17)27/h1-3,6-10,12,26-27H,4-5H2,(H2,24,25,28). The fraction of sp³-hybridized carbons (Fsp3) is 0.136. The summed E-state index contributed by atoms with van der Waals surface area (Å²) in [7, 11) is 0. The fourth-order valence-corrected chi connectivity index (χ4v) is 4.04. The molecule has 1 saturated carbocycles. The van der Waals surface area contributed by atoms with Crippen LogP contribution < -0.4 is 0 Å². The molecule has 0 radical (unpaired) electrons. The van der Waals surface area contributed by atoms with E-state index in [9.17, 15) is 14.6 Å². The van der Waals surface area contributed by atoms with E-state index >= 15 is 0 Å². The lowest BCUT2D eigenvalue weighted by atomic mass is 9.94. The summed E-state index contributed by atoms with van der Waals surface area (Å²) < 4.78 is 13.9. The van der Waals surface area contributed by atoms with Gasteiger partial charge in [-0.1, -0.05) is 24.3 Å². The summed E-state index contributed by atoms with van der Waals surface area (Å²) in [6, 6.07) is 13.5. The van der Waals surface area contributed by atoms with Crippen LogP contribution in [0.25, 0.3) is 33.2 Å². The Morgan fingerprint density at radius 1 is 1.00 bits per heavy atom. The van der Waals surface area contributed by atoms with Gasteiger partial charge in [0.1, 0.15) is 22.3 Å². The molecule has 0 spiro atoms. The normalized spacial score (nSPS) is 13.9. The first-order valence-electron chi connectivity index (χ1n) is 9.05. The number of halogens is 1. The number of thiol groups is 1. The van der Waals surface area contributed by atoms with Gasteiger partial charge in [-0.25, -0.2) is 4.39 Å². The second-order valence-corrected chi connectivity index (χ2v) is 7.59. The minimum Gasteiger partial charge on any atom is -0.508 e. The highest BCUT2D eigenvalue weighted by Crippen LogP contribution is 2.49. The summed E-state index contributed by atoms with van der Waals surface area (Å²) in [6.45, 7) is 0. The fourth-order valence-electron chi connectivity index (χ4n) is 3.76. The summed E-state index contributed by atoms with van der Waals surface area (Å²) in [5.41, 5.74) is 3.39. The Balaban J connectivity index is 1.77. The number of benzene rings is 3. The minimum atomic E-state index is -0.325. The van der Waals surface area contributed by atoms with Crippen LogP contribution in [-0.4, -0.2) is 20.4 Å². The number of aromatic nitrogens is 2. The molecule has 0 unspecified atom stereocenters. The van der Waals surface area contributed by atoms with Gasteiger partial charge < -0.3 is 10.2 Å². The Kier molecular flexibility index (Phi) is 3.84. The minimum absolute atomic E-state index is 0.0495. The van der Waals surface area contributed by atoms with Gasteiger partial charge in [-0.05, 0) is 58.9 Å². The Morgan fingerprint density at radius 3 is 2.61 bits per heavy atom. The zero-order chi connectivity index (χ0) is 19.4. The van der Waals surface area contributed by atoms with Crippen LogP contribution in [-0.2, 0) is 0 Å². The molecule has 1 aliphatic carbocycles. The maximum absolute atomic E-state index is 13.9. The number of phenolic OH excluding ortho intramolecular Hbond substituents is 2. The first kappa shape index (κ1) is 17.1. The number of phenols is 2. The van der Waals surface area contributed by atoms with Crippen LogP contribution in [0.3, 0.4) is 0 Å². The molecule has 6 heteroatoms. The molecule has 0 bridgehead atoms. The molecule has 1 heterocycles. The molecule has 5 rings (SSSR count). The molecule has 0 saturated heterocycles. The largest absolute Gasteiger partial charge is 0.508 e. The molecular weight excluding hydrogens is 375 g/mol. The quantitative estimate of drug-likeness (QED) is 0.342. The van der Waals surface area contributed by atoms with Crippen molar-refractivity contribution in [2.45, 2.75) is 23.8 Å². The molecule has 0 amide bonds. The van der Waals surface area contributed by atoms with Crippen LogP contribution in [0.2, 0.25) is 0 Å². The van der Waals surface area contributed by atoms with Crippen molar-refractivity contribution in [1.29, 1.82) is 0 Å². The number of fused-ring (bicyclic) bond motifs is 1. The highest BCUT2D eigenvalue weighted by Gasteiger charge is 2.29. The van der Waals surface area contributed by atoms with Gasteiger partial charge in [-0.2, -0.15) is 5.10 Å². The van der Waals surface area contributed by atoms with Gasteiger partial charge in [0.15, 0.2) is 0 Å². The lowest BCUT2D eigenvalue weighted by molar-refractivity contribution is 0.447. The molecule has 0 atom stereocenters. The van der Waals surface area contributed by atoms with Gasteiger partial charge in [0.2, 0.25) is 0 Å². The predicted molar refractivity (Wildman–Crippen MR) is 109 cm³/mol.